The number of carbonyl (C=O) groups is 4. The summed E-state index contributed by atoms with van der Waals surface area (Å²) in [5.41, 5.74) is 0.905. The predicted molar refractivity (Wildman–Crippen MR) is 121 cm³/mol. The molecule has 2 atom stereocenters. The summed E-state index contributed by atoms with van der Waals surface area (Å²) >= 11 is -0.0842. The Hall–Kier alpha value is -2.64. The molecule has 0 spiro atoms. The van der Waals surface area contributed by atoms with Crippen LogP contribution >= 0.6 is 0 Å². The Morgan fingerprint density at radius 2 is 1.03 bits per heavy atom. The van der Waals surface area contributed by atoms with E-state index in [-0.39, 0.29) is 38.1 Å². The summed E-state index contributed by atoms with van der Waals surface area (Å²) in [7, 11) is 2.54. The average molecular weight is 570 g/mol. The van der Waals surface area contributed by atoms with Gasteiger partial charge >= 0.3 is 198 Å². The fraction of sp³-hybridized carbons (Fsp3) is 0.273. The van der Waals surface area contributed by atoms with Gasteiger partial charge in [-0.15, -0.1) is 0 Å². The van der Waals surface area contributed by atoms with Crippen LogP contribution in [0.1, 0.15) is 20.7 Å². The number of esters is 2. The van der Waals surface area contributed by atoms with Gasteiger partial charge in [-0.25, -0.2) is 0 Å². The van der Waals surface area contributed by atoms with Crippen LogP contribution in [0.3, 0.4) is 0 Å². The van der Waals surface area contributed by atoms with Crippen LogP contribution in [-0.4, -0.2) is 76.3 Å². The molecule has 0 unspecified atom stereocenters. The van der Waals surface area contributed by atoms with E-state index in [9.17, 15) is 19.2 Å². The van der Waals surface area contributed by atoms with Gasteiger partial charge in [0.15, 0.2) is 0 Å². The van der Waals surface area contributed by atoms with Crippen molar-refractivity contribution < 1.29 is 28.7 Å². The zero-order chi connectivity index (χ0) is 23.3. The van der Waals surface area contributed by atoms with Gasteiger partial charge in [-0.3, -0.25) is 0 Å². The molecule has 2 aromatic rings. The second kappa shape index (κ2) is 13.7. The molecule has 0 fully saturated rings. The summed E-state index contributed by atoms with van der Waals surface area (Å²) in [5, 5.41) is 6.25. The fourth-order valence-corrected chi connectivity index (χ4v) is 9.48. The molecule has 0 bridgehead atoms. The number of nitrogens with one attached hydrogen (secondary N) is 2. The number of hydrogen-bond donors (Lipinski definition) is 2. The van der Waals surface area contributed by atoms with Crippen molar-refractivity contribution in [3.63, 3.8) is 0 Å². The SMILES string of the molecule is COC(=O)[C@H](C[Se][Se]C[C@H](NC(=O)c1ccccc1)C(=O)OC)NC(=O)c1ccccc1. The van der Waals surface area contributed by atoms with Crippen LogP contribution in [0.5, 0.6) is 0 Å². The molecule has 10 heteroatoms. The zero-order valence-electron chi connectivity index (χ0n) is 17.6. The van der Waals surface area contributed by atoms with Gasteiger partial charge < -0.3 is 0 Å². The van der Waals surface area contributed by atoms with Crippen LogP contribution in [0.25, 0.3) is 0 Å². The molecular weight excluding hydrogens is 546 g/mol. The average Bonchev–Trinajstić information content (AvgIpc) is 2.84. The number of carbonyl (C=O) groups excluding carboxylic acids is 4. The molecule has 0 aliphatic heterocycles. The topological polar surface area (TPSA) is 111 Å². The quantitative estimate of drug-likeness (QED) is 0.238. The van der Waals surface area contributed by atoms with E-state index < -0.39 is 24.0 Å². The van der Waals surface area contributed by atoms with Crippen LogP contribution in [0.2, 0.25) is 10.6 Å². The standard InChI is InChI=1S/C22H24N2O6Se2/c1-29-21(27)17(23-19(25)15-9-5-3-6-10-15)13-31-32-14-18(22(28)30-2)24-20(26)16-11-7-4-8-12-16/h3-12,17-18H,13-14H2,1-2H3,(H,23,25)(H,24,26)/t17-,18-/m0/s1. The van der Waals surface area contributed by atoms with Crippen molar-refractivity contribution in [1.29, 1.82) is 0 Å². The predicted octanol–water partition coefficient (Wildman–Crippen LogP) is 1.09. The van der Waals surface area contributed by atoms with Crippen molar-refractivity contribution >= 4 is 50.0 Å². The second-order valence-corrected chi connectivity index (χ2v) is 13.9. The fourth-order valence-electron chi connectivity index (χ4n) is 2.52. The summed E-state index contributed by atoms with van der Waals surface area (Å²) in [5.74, 6) is -1.75. The van der Waals surface area contributed by atoms with Crippen LogP contribution < -0.4 is 10.6 Å². The third kappa shape index (κ3) is 8.13. The second-order valence-electron chi connectivity index (χ2n) is 6.40. The Kier molecular flexibility index (Phi) is 11.0. The van der Waals surface area contributed by atoms with Gasteiger partial charge in [0, 0.05) is 0 Å². The molecule has 2 aromatic carbocycles. The van der Waals surface area contributed by atoms with E-state index in [1.54, 1.807) is 60.7 Å². The van der Waals surface area contributed by atoms with Gasteiger partial charge in [0.05, 0.1) is 0 Å². The minimum absolute atomic E-state index is 0.0421. The van der Waals surface area contributed by atoms with Gasteiger partial charge in [0.2, 0.25) is 0 Å². The van der Waals surface area contributed by atoms with E-state index in [2.05, 4.69) is 10.6 Å². The van der Waals surface area contributed by atoms with E-state index in [0.29, 0.717) is 21.8 Å². The molecule has 0 radical (unpaired) electrons. The molecule has 2 amide bonds. The Bertz CT molecular complexity index is 836. The molecule has 0 heterocycles. The van der Waals surface area contributed by atoms with E-state index in [1.807, 2.05) is 0 Å². The van der Waals surface area contributed by atoms with E-state index in [4.69, 9.17) is 9.47 Å². The molecule has 0 saturated carbocycles. The molecule has 0 aliphatic carbocycles. The Labute approximate surface area is 197 Å². The molecule has 32 heavy (non-hydrogen) atoms. The van der Waals surface area contributed by atoms with Crippen molar-refractivity contribution in [1.82, 2.24) is 10.6 Å². The summed E-state index contributed by atoms with van der Waals surface area (Å²) < 4.78 is 9.63. The third-order valence-electron chi connectivity index (χ3n) is 4.21. The minimum atomic E-state index is -0.773. The maximum absolute atomic E-state index is 12.4. The van der Waals surface area contributed by atoms with Gasteiger partial charge in [-0.2, -0.15) is 0 Å². The van der Waals surface area contributed by atoms with Crippen molar-refractivity contribution in [3.05, 3.63) is 71.8 Å². The van der Waals surface area contributed by atoms with Crippen molar-refractivity contribution in [2.45, 2.75) is 22.7 Å². The van der Waals surface area contributed by atoms with Gasteiger partial charge in [0.1, 0.15) is 0 Å². The third-order valence-corrected chi connectivity index (χ3v) is 11.3. The van der Waals surface area contributed by atoms with Crippen molar-refractivity contribution in [3.8, 4) is 0 Å². The van der Waals surface area contributed by atoms with E-state index in [0.717, 1.165) is 0 Å². The number of benzene rings is 2. The van der Waals surface area contributed by atoms with Gasteiger partial charge in [-0.1, -0.05) is 0 Å². The number of methoxy groups -OCH3 is 2. The Balaban J connectivity index is 1.90. The van der Waals surface area contributed by atoms with Crippen molar-refractivity contribution in [2.75, 3.05) is 14.2 Å². The van der Waals surface area contributed by atoms with E-state index in [1.165, 1.54) is 14.2 Å². The van der Waals surface area contributed by atoms with Crippen LogP contribution in [0, 0.1) is 0 Å². The first-order valence-electron chi connectivity index (χ1n) is 9.58. The molecule has 0 aliphatic rings. The summed E-state index contributed by atoms with van der Waals surface area (Å²) in [4.78, 5) is 49.0. The number of rotatable bonds is 11. The number of hydrogen-bond acceptors (Lipinski definition) is 6. The zero-order valence-corrected chi connectivity index (χ0v) is 21.0. The van der Waals surface area contributed by atoms with Crippen LogP contribution in [0.4, 0.5) is 0 Å². The van der Waals surface area contributed by atoms with Crippen LogP contribution in [0.15, 0.2) is 60.7 Å². The molecule has 170 valence electrons. The summed E-state index contributed by atoms with van der Waals surface area (Å²) in [6, 6.07) is 15.7. The normalized spacial score (nSPS) is 12.2. The summed E-state index contributed by atoms with van der Waals surface area (Å²) in [6.45, 7) is 0. The van der Waals surface area contributed by atoms with Gasteiger partial charge in [0.25, 0.3) is 0 Å². The molecular formula is C22H24N2O6Se2. The maximum atomic E-state index is 12.4. The molecule has 8 nitrogen and oxygen atoms in total. The molecule has 2 rings (SSSR count). The van der Waals surface area contributed by atoms with Crippen molar-refractivity contribution in [2.24, 2.45) is 0 Å². The summed E-state index contributed by atoms with van der Waals surface area (Å²) in [6.07, 6.45) is 0. The first-order chi connectivity index (χ1) is 15.5. The monoisotopic (exact) mass is 572 g/mol. The Morgan fingerprint density at radius 1 is 0.688 bits per heavy atom. The number of amides is 2. The Morgan fingerprint density at radius 3 is 1.34 bits per heavy atom. The van der Waals surface area contributed by atoms with Crippen LogP contribution in [-0.2, 0) is 19.1 Å². The first-order valence-corrected chi connectivity index (χ1v) is 16.3. The van der Waals surface area contributed by atoms with Gasteiger partial charge in [-0.05, 0) is 0 Å². The molecule has 0 saturated heterocycles. The molecule has 2 N–H and O–H groups in total. The van der Waals surface area contributed by atoms with E-state index >= 15 is 0 Å². The molecule has 0 aromatic heterocycles. The number of ether oxygens (including phenoxy) is 2. The first kappa shape index (κ1) is 25.6.